The van der Waals surface area contributed by atoms with Gasteiger partial charge < -0.3 is 13.9 Å². The number of esters is 1. The molecule has 0 spiro atoms. The van der Waals surface area contributed by atoms with Crippen LogP contribution in [0.4, 0.5) is 5.95 Å². The molecular formula is C23H23N5O2. The van der Waals surface area contributed by atoms with Crippen LogP contribution in [-0.2, 0) is 11.8 Å². The third-order valence-corrected chi connectivity index (χ3v) is 5.15. The van der Waals surface area contributed by atoms with Gasteiger partial charge in [-0.05, 0) is 50.2 Å². The molecule has 0 atom stereocenters. The minimum absolute atomic E-state index is 0.354. The van der Waals surface area contributed by atoms with Crippen molar-refractivity contribution in [2.24, 2.45) is 12.1 Å². The molecule has 1 N–H and O–H groups in total. The highest BCUT2D eigenvalue weighted by Crippen LogP contribution is 2.21. The predicted octanol–water partition coefficient (Wildman–Crippen LogP) is 4.21. The number of ether oxygens (including phenoxy) is 1. The Hall–Kier alpha value is -3.87. The number of carbonyl (C=O) groups excluding carboxylic acids is 1. The molecule has 7 nitrogen and oxygen atoms in total. The molecule has 2 aromatic carbocycles. The molecule has 0 amide bonds. The number of aryl methyl sites for hydroxylation is 2. The van der Waals surface area contributed by atoms with Gasteiger partial charge in [-0.3, -0.25) is 0 Å². The summed E-state index contributed by atoms with van der Waals surface area (Å²) >= 11 is 0. The zero-order valence-corrected chi connectivity index (χ0v) is 17.4. The molecule has 4 aromatic rings. The van der Waals surface area contributed by atoms with Crippen molar-refractivity contribution in [1.29, 1.82) is 0 Å². The average molecular weight is 401 g/mol. The van der Waals surface area contributed by atoms with Crippen molar-refractivity contribution in [1.82, 2.24) is 14.1 Å². The van der Waals surface area contributed by atoms with Crippen LogP contribution < -0.4 is 5.43 Å². The summed E-state index contributed by atoms with van der Waals surface area (Å²) in [5, 5.41) is 4.39. The zero-order valence-electron chi connectivity index (χ0n) is 17.4. The van der Waals surface area contributed by atoms with Gasteiger partial charge in [0.25, 0.3) is 0 Å². The third kappa shape index (κ3) is 3.45. The Labute approximate surface area is 174 Å². The molecule has 30 heavy (non-hydrogen) atoms. The predicted molar refractivity (Wildman–Crippen MR) is 119 cm³/mol. The average Bonchev–Trinajstić information content (AvgIpc) is 3.23. The first-order valence-corrected chi connectivity index (χ1v) is 9.58. The van der Waals surface area contributed by atoms with Crippen LogP contribution >= 0.6 is 0 Å². The fourth-order valence-electron chi connectivity index (χ4n) is 3.61. The number of anilines is 1. The van der Waals surface area contributed by atoms with Crippen molar-refractivity contribution in [3.05, 3.63) is 77.1 Å². The fourth-order valence-corrected chi connectivity index (χ4v) is 3.61. The number of hydrogen-bond acceptors (Lipinski definition) is 5. The van der Waals surface area contributed by atoms with Crippen LogP contribution in [0.25, 0.3) is 16.7 Å². The zero-order chi connectivity index (χ0) is 21.3. The first-order chi connectivity index (χ1) is 14.5. The van der Waals surface area contributed by atoms with Crippen LogP contribution in [0, 0.1) is 13.8 Å². The molecule has 0 saturated carbocycles. The molecule has 2 aromatic heterocycles. The second-order valence-corrected chi connectivity index (χ2v) is 7.06. The summed E-state index contributed by atoms with van der Waals surface area (Å²) < 4.78 is 8.89. The van der Waals surface area contributed by atoms with E-state index in [0.29, 0.717) is 11.5 Å². The Balaban J connectivity index is 1.61. The molecule has 0 aliphatic carbocycles. The minimum Gasteiger partial charge on any atom is -0.465 e. The first kappa shape index (κ1) is 19.4. The van der Waals surface area contributed by atoms with Gasteiger partial charge in [0.2, 0.25) is 5.95 Å². The highest BCUT2D eigenvalue weighted by atomic mass is 16.5. The molecule has 0 bridgehead atoms. The fraction of sp³-hybridized carbons (Fsp3) is 0.174. The Morgan fingerprint density at radius 3 is 2.70 bits per heavy atom. The third-order valence-electron chi connectivity index (χ3n) is 5.15. The molecule has 0 fully saturated rings. The van der Waals surface area contributed by atoms with E-state index in [-0.39, 0.29) is 5.97 Å². The van der Waals surface area contributed by atoms with Crippen LogP contribution in [0.2, 0.25) is 0 Å². The Bertz CT molecular complexity index is 1270. The van der Waals surface area contributed by atoms with E-state index in [4.69, 9.17) is 4.74 Å². The summed E-state index contributed by atoms with van der Waals surface area (Å²) in [6.07, 6.45) is 1.78. The van der Waals surface area contributed by atoms with E-state index in [1.807, 2.05) is 67.9 Å². The number of hydrogen-bond donors (Lipinski definition) is 1. The Kier molecular flexibility index (Phi) is 5.10. The second kappa shape index (κ2) is 7.87. The van der Waals surface area contributed by atoms with Crippen molar-refractivity contribution in [3.63, 3.8) is 0 Å². The normalized spacial score (nSPS) is 11.3. The van der Waals surface area contributed by atoms with Gasteiger partial charge in [0.15, 0.2) is 0 Å². The molecule has 4 rings (SSSR count). The first-order valence-electron chi connectivity index (χ1n) is 9.58. The molecule has 0 aliphatic rings. The highest BCUT2D eigenvalue weighted by molar-refractivity contribution is 5.90. The van der Waals surface area contributed by atoms with Gasteiger partial charge in [0, 0.05) is 29.7 Å². The maximum Gasteiger partial charge on any atom is 0.337 e. The molecule has 7 heteroatoms. The van der Waals surface area contributed by atoms with Crippen LogP contribution in [0.15, 0.2) is 59.7 Å². The number of benzene rings is 2. The minimum atomic E-state index is -0.354. The van der Waals surface area contributed by atoms with E-state index >= 15 is 0 Å². The van der Waals surface area contributed by atoms with Crippen molar-refractivity contribution < 1.29 is 9.53 Å². The molecule has 0 saturated heterocycles. The number of nitrogens with zero attached hydrogens (tertiary/aromatic N) is 4. The maximum atomic E-state index is 11.9. The van der Waals surface area contributed by atoms with E-state index < -0.39 is 0 Å². The maximum absolute atomic E-state index is 11.9. The number of hydrazone groups is 1. The smallest absolute Gasteiger partial charge is 0.337 e. The lowest BCUT2D eigenvalue weighted by Crippen LogP contribution is -2.05. The number of aromatic nitrogens is 3. The van der Waals surface area contributed by atoms with Crippen molar-refractivity contribution >= 4 is 29.2 Å². The van der Waals surface area contributed by atoms with Crippen LogP contribution in [0.5, 0.6) is 0 Å². The van der Waals surface area contributed by atoms with E-state index in [1.54, 1.807) is 12.3 Å². The lowest BCUT2D eigenvalue weighted by atomic mass is 10.2. The second-order valence-electron chi connectivity index (χ2n) is 7.06. The summed E-state index contributed by atoms with van der Waals surface area (Å²) in [6, 6.07) is 17.4. The SMILES string of the molecule is COC(=O)c1cccc(-n2c(C)cc(/C=N\Nc3nc4ccccc4n3C)c2C)c1. The lowest BCUT2D eigenvalue weighted by Gasteiger charge is -2.11. The molecule has 0 unspecified atom stereocenters. The number of imidazole rings is 1. The summed E-state index contributed by atoms with van der Waals surface area (Å²) in [4.78, 5) is 16.4. The quantitative estimate of drug-likeness (QED) is 0.309. The van der Waals surface area contributed by atoms with Gasteiger partial charge in [-0.25, -0.2) is 15.2 Å². The summed E-state index contributed by atoms with van der Waals surface area (Å²) in [6.45, 7) is 4.04. The van der Waals surface area contributed by atoms with Gasteiger partial charge in [0.1, 0.15) is 0 Å². The molecule has 0 aliphatic heterocycles. The number of nitrogens with one attached hydrogen (secondary N) is 1. The van der Waals surface area contributed by atoms with Crippen LogP contribution in [-0.4, -0.2) is 33.4 Å². The molecular weight excluding hydrogens is 378 g/mol. The molecule has 0 radical (unpaired) electrons. The van der Waals surface area contributed by atoms with E-state index in [9.17, 15) is 4.79 Å². The van der Waals surface area contributed by atoms with Crippen molar-refractivity contribution in [2.45, 2.75) is 13.8 Å². The number of rotatable bonds is 5. The monoisotopic (exact) mass is 401 g/mol. The Morgan fingerprint density at radius 1 is 1.13 bits per heavy atom. The standard InChI is InChI=1S/C23H23N5O2/c1-15-12-18(14-24-26-23-25-20-10-5-6-11-21(20)27(23)3)16(2)28(15)19-9-7-8-17(13-19)22(29)30-4/h5-14H,1-4H3,(H,25,26)/b24-14-. The highest BCUT2D eigenvalue weighted by Gasteiger charge is 2.12. The number of carbonyl (C=O) groups is 1. The van der Waals surface area contributed by atoms with Gasteiger partial charge in [0.05, 0.1) is 29.9 Å². The topological polar surface area (TPSA) is 73.4 Å². The van der Waals surface area contributed by atoms with Gasteiger partial charge in [-0.15, -0.1) is 0 Å². The van der Waals surface area contributed by atoms with Gasteiger partial charge >= 0.3 is 5.97 Å². The van der Waals surface area contributed by atoms with Crippen molar-refractivity contribution in [3.8, 4) is 5.69 Å². The van der Waals surface area contributed by atoms with E-state index in [2.05, 4.69) is 26.1 Å². The number of fused-ring (bicyclic) bond motifs is 1. The van der Waals surface area contributed by atoms with Gasteiger partial charge in [-0.1, -0.05) is 18.2 Å². The summed E-state index contributed by atoms with van der Waals surface area (Å²) in [5.74, 6) is 0.319. The number of para-hydroxylation sites is 2. The van der Waals surface area contributed by atoms with E-state index in [0.717, 1.165) is 33.7 Å². The van der Waals surface area contributed by atoms with Crippen molar-refractivity contribution in [2.75, 3.05) is 12.5 Å². The number of methoxy groups -OCH3 is 1. The Morgan fingerprint density at radius 2 is 1.93 bits per heavy atom. The molecule has 2 heterocycles. The summed E-state index contributed by atoms with van der Waals surface area (Å²) in [5.41, 5.74) is 9.43. The van der Waals surface area contributed by atoms with E-state index in [1.165, 1.54) is 7.11 Å². The largest absolute Gasteiger partial charge is 0.465 e. The lowest BCUT2D eigenvalue weighted by molar-refractivity contribution is 0.0600. The van der Waals surface area contributed by atoms with Gasteiger partial charge in [-0.2, -0.15) is 5.10 Å². The summed E-state index contributed by atoms with van der Waals surface area (Å²) in [7, 11) is 3.33. The van der Waals surface area contributed by atoms with Crippen LogP contribution in [0.1, 0.15) is 27.3 Å². The van der Waals surface area contributed by atoms with Crippen LogP contribution in [0.3, 0.4) is 0 Å². The molecule has 152 valence electrons.